The van der Waals surface area contributed by atoms with Crippen LogP contribution in [0.2, 0.25) is 0 Å². The number of benzene rings is 3. The van der Waals surface area contributed by atoms with Crippen LogP contribution in [0.5, 0.6) is 0 Å². The van der Waals surface area contributed by atoms with Gasteiger partial charge in [0.05, 0.1) is 28.4 Å². The SMILES string of the molecule is C[C@H](NC(=O)COC(=O)c1cccc(N2C(=O)c3ccccc3C2=O)c1)c1ccccc1. The smallest absolute Gasteiger partial charge is 0.338 e. The number of imide groups is 1. The molecule has 1 aliphatic heterocycles. The zero-order chi connectivity index (χ0) is 22.7. The van der Waals surface area contributed by atoms with Crippen LogP contribution in [0.1, 0.15) is 49.6 Å². The minimum Gasteiger partial charge on any atom is -0.452 e. The van der Waals surface area contributed by atoms with Gasteiger partial charge in [0, 0.05) is 0 Å². The lowest BCUT2D eigenvalue weighted by Gasteiger charge is -2.15. The first-order valence-corrected chi connectivity index (χ1v) is 10.0. The van der Waals surface area contributed by atoms with Gasteiger partial charge in [-0.05, 0) is 42.8 Å². The van der Waals surface area contributed by atoms with Crippen LogP contribution in [0.15, 0.2) is 78.9 Å². The number of fused-ring (bicyclic) bond motifs is 1. The summed E-state index contributed by atoms with van der Waals surface area (Å²) in [5.41, 5.74) is 1.95. The highest BCUT2D eigenvalue weighted by atomic mass is 16.5. The fourth-order valence-electron chi connectivity index (χ4n) is 3.52. The molecule has 3 aromatic rings. The number of ether oxygens (including phenoxy) is 1. The minimum absolute atomic E-state index is 0.128. The average molecular weight is 428 g/mol. The summed E-state index contributed by atoms with van der Waals surface area (Å²) < 4.78 is 5.12. The Morgan fingerprint density at radius 2 is 1.50 bits per heavy atom. The Bertz CT molecular complexity index is 1170. The molecule has 4 rings (SSSR count). The van der Waals surface area contributed by atoms with Crippen molar-refractivity contribution >= 4 is 29.4 Å². The molecule has 0 spiro atoms. The number of hydrogen-bond acceptors (Lipinski definition) is 5. The topological polar surface area (TPSA) is 92.8 Å². The Balaban J connectivity index is 1.40. The number of anilines is 1. The number of esters is 1. The van der Waals surface area contributed by atoms with E-state index in [1.807, 2.05) is 37.3 Å². The summed E-state index contributed by atoms with van der Waals surface area (Å²) in [5.74, 6) is -2.08. The molecule has 1 aliphatic rings. The van der Waals surface area contributed by atoms with Gasteiger partial charge >= 0.3 is 5.97 Å². The van der Waals surface area contributed by atoms with E-state index < -0.39 is 30.3 Å². The molecule has 0 aromatic heterocycles. The van der Waals surface area contributed by atoms with E-state index in [1.54, 1.807) is 36.4 Å². The molecule has 0 bridgehead atoms. The summed E-state index contributed by atoms with van der Waals surface area (Å²) in [6.07, 6.45) is 0. The summed E-state index contributed by atoms with van der Waals surface area (Å²) in [4.78, 5) is 51.0. The van der Waals surface area contributed by atoms with Gasteiger partial charge in [-0.25, -0.2) is 9.69 Å². The van der Waals surface area contributed by atoms with Gasteiger partial charge in [-0.15, -0.1) is 0 Å². The van der Waals surface area contributed by atoms with Crippen LogP contribution in [-0.2, 0) is 9.53 Å². The molecule has 0 unspecified atom stereocenters. The lowest BCUT2D eigenvalue weighted by atomic mass is 10.1. The third-order valence-corrected chi connectivity index (χ3v) is 5.15. The van der Waals surface area contributed by atoms with Crippen molar-refractivity contribution in [3.8, 4) is 0 Å². The average Bonchev–Trinajstić information content (AvgIpc) is 3.08. The Hall–Kier alpha value is -4.26. The Kier molecular flexibility index (Phi) is 5.81. The van der Waals surface area contributed by atoms with E-state index in [-0.39, 0.29) is 17.3 Å². The van der Waals surface area contributed by atoms with Gasteiger partial charge in [0.1, 0.15) is 0 Å². The summed E-state index contributed by atoms with van der Waals surface area (Å²) in [6, 6.07) is 21.7. The number of nitrogens with one attached hydrogen (secondary N) is 1. The molecule has 1 N–H and O–H groups in total. The highest BCUT2D eigenvalue weighted by molar-refractivity contribution is 6.34. The van der Waals surface area contributed by atoms with Gasteiger partial charge in [0.15, 0.2) is 6.61 Å². The fraction of sp³-hybridized carbons (Fsp3) is 0.120. The second-order valence-electron chi connectivity index (χ2n) is 7.32. The monoisotopic (exact) mass is 428 g/mol. The van der Waals surface area contributed by atoms with Gasteiger partial charge in [0.2, 0.25) is 0 Å². The van der Waals surface area contributed by atoms with E-state index in [4.69, 9.17) is 4.74 Å². The quantitative estimate of drug-likeness (QED) is 0.479. The largest absolute Gasteiger partial charge is 0.452 e. The standard InChI is InChI=1S/C25H20N2O5/c1-16(17-8-3-2-4-9-17)26-22(28)15-32-25(31)18-10-7-11-19(14-18)27-23(29)20-12-5-6-13-21(20)24(27)30/h2-14,16H,15H2,1H3,(H,26,28)/t16-/m0/s1. The predicted octanol–water partition coefficient (Wildman–Crippen LogP) is 3.52. The van der Waals surface area contributed by atoms with Crippen molar-refractivity contribution in [2.75, 3.05) is 11.5 Å². The van der Waals surface area contributed by atoms with Crippen LogP contribution in [-0.4, -0.2) is 30.3 Å². The molecule has 1 heterocycles. The zero-order valence-electron chi connectivity index (χ0n) is 17.3. The van der Waals surface area contributed by atoms with Gasteiger partial charge in [0.25, 0.3) is 17.7 Å². The molecule has 3 aromatic carbocycles. The highest BCUT2D eigenvalue weighted by Gasteiger charge is 2.36. The summed E-state index contributed by atoms with van der Waals surface area (Å²) in [7, 11) is 0. The van der Waals surface area contributed by atoms with Gasteiger partial charge in [-0.1, -0.05) is 48.5 Å². The van der Waals surface area contributed by atoms with E-state index >= 15 is 0 Å². The Labute approximate surface area is 184 Å². The van der Waals surface area contributed by atoms with E-state index in [2.05, 4.69) is 5.32 Å². The van der Waals surface area contributed by atoms with Crippen molar-refractivity contribution in [2.45, 2.75) is 13.0 Å². The van der Waals surface area contributed by atoms with Crippen molar-refractivity contribution in [3.63, 3.8) is 0 Å². The molecule has 7 heteroatoms. The van der Waals surface area contributed by atoms with Gasteiger partial charge in [-0.3, -0.25) is 14.4 Å². The second-order valence-corrected chi connectivity index (χ2v) is 7.32. The predicted molar refractivity (Wildman–Crippen MR) is 117 cm³/mol. The molecule has 1 atom stereocenters. The molecule has 0 aliphatic carbocycles. The number of hydrogen-bond donors (Lipinski definition) is 1. The fourth-order valence-corrected chi connectivity index (χ4v) is 3.52. The van der Waals surface area contributed by atoms with Crippen molar-refractivity contribution in [2.24, 2.45) is 0 Å². The normalized spacial score (nSPS) is 13.5. The minimum atomic E-state index is -0.731. The number of nitrogens with zero attached hydrogens (tertiary/aromatic N) is 1. The second kappa shape index (κ2) is 8.85. The number of carbonyl (C=O) groups excluding carboxylic acids is 4. The maximum atomic E-state index is 12.7. The molecule has 0 saturated carbocycles. The summed E-state index contributed by atoms with van der Waals surface area (Å²) >= 11 is 0. The van der Waals surface area contributed by atoms with E-state index in [1.165, 1.54) is 12.1 Å². The highest BCUT2D eigenvalue weighted by Crippen LogP contribution is 2.28. The summed E-state index contributed by atoms with van der Waals surface area (Å²) in [6.45, 7) is 1.38. The Morgan fingerprint density at radius 3 is 2.16 bits per heavy atom. The van der Waals surface area contributed by atoms with Crippen molar-refractivity contribution in [1.82, 2.24) is 5.32 Å². The van der Waals surface area contributed by atoms with E-state index in [9.17, 15) is 19.2 Å². The third-order valence-electron chi connectivity index (χ3n) is 5.15. The Morgan fingerprint density at radius 1 is 0.875 bits per heavy atom. The molecule has 3 amide bonds. The van der Waals surface area contributed by atoms with E-state index in [0.29, 0.717) is 11.1 Å². The van der Waals surface area contributed by atoms with Gasteiger partial charge in [-0.2, -0.15) is 0 Å². The van der Waals surface area contributed by atoms with Crippen LogP contribution in [0.25, 0.3) is 0 Å². The summed E-state index contributed by atoms with van der Waals surface area (Å²) in [5, 5.41) is 2.77. The zero-order valence-corrected chi connectivity index (χ0v) is 17.3. The first kappa shape index (κ1) is 21.0. The molecule has 0 saturated heterocycles. The lowest BCUT2D eigenvalue weighted by molar-refractivity contribution is -0.124. The van der Waals surface area contributed by atoms with E-state index in [0.717, 1.165) is 10.5 Å². The number of rotatable bonds is 6. The van der Waals surface area contributed by atoms with Crippen LogP contribution in [0, 0.1) is 0 Å². The van der Waals surface area contributed by atoms with Crippen molar-refractivity contribution < 1.29 is 23.9 Å². The number of amides is 3. The molecule has 160 valence electrons. The van der Waals surface area contributed by atoms with Crippen LogP contribution in [0.3, 0.4) is 0 Å². The van der Waals surface area contributed by atoms with Crippen molar-refractivity contribution in [1.29, 1.82) is 0 Å². The first-order valence-electron chi connectivity index (χ1n) is 10.0. The van der Waals surface area contributed by atoms with Crippen LogP contribution >= 0.6 is 0 Å². The van der Waals surface area contributed by atoms with Crippen LogP contribution in [0.4, 0.5) is 5.69 Å². The molecular formula is C25H20N2O5. The maximum absolute atomic E-state index is 12.7. The lowest BCUT2D eigenvalue weighted by Crippen LogP contribution is -2.31. The third kappa shape index (κ3) is 4.13. The molecule has 0 fully saturated rings. The number of carbonyl (C=O) groups is 4. The first-order chi connectivity index (χ1) is 15.5. The molecule has 32 heavy (non-hydrogen) atoms. The molecular weight excluding hydrogens is 408 g/mol. The molecule has 0 radical (unpaired) electrons. The van der Waals surface area contributed by atoms with Gasteiger partial charge < -0.3 is 10.1 Å². The maximum Gasteiger partial charge on any atom is 0.338 e. The van der Waals surface area contributed by atoms with Crippen molar-refractivity contribution in [3.05, 3.63) is 101 Å². The molecule has 7 nitrogen and oxygen atoms in total. The van der Waals surface area contributed by atoms with Crippen LogP contribution < -0.4 is 10.2 Å².